The number of carbonyl (C=O) groups excluding carboxylic acids is 1. The van der Waals surface area contributed by atoms with Crippen molar-refractivity contribution in [3.8, 4) is 0 Å². The minimum Gasteiger partial charge on any atom is -0.284 e. The van der Waals surface area contributed by atoms with E-state index in [4.69, 9.17) is 0 Å². The van der Waals surface area contributed by atoms with Gasteiger partial charge in [0.1, 0.15) is 0 Å². The van der Waals surface area contributed by atoms with E-state index in [1.54, 1.807) is 12.1 Å². The van der Waals surface area contributed by atoms with E-state index in [-0.39, 0.29) is 18.0 Å². The maximum atomic E-state index is 13.0. The average molecular weight is 334 g/mol. The van der Waals surface area contributed by atoms with Crippen molar-refractivity contribution in [1.29, 1.82) is 0 Å². The summed E-state index contributed by atoms with van der Waals surface area (Å²) in [5, 5.41) is 11.9. The molecule has 3 aromatic rings. The van der Waals surface area contributed by atoms with E-state index in [1.807, 2.05) is 22.8 Å². The highest BCUT2D eigenvalue weighted by molar-refractivity contribution is 5.97. The monoisotopic (exact) mass is 334 g/mol. The predicted molar refractivity (Wildman–Crippen MR) is 96.0 cm³/mol. The van der Waals surface area contributed by atoms with Crippen molar-refractivity contribution in [2.45, 2.75) is 32.1 Å². The minimum atomic E-state index is -0.429. The Morgan fingerprint density at radius 1 is 1.04 bits per heavy atom. The highest BCUT2D eigenvalue weighted by Crippen LogP contribution is 2.32. The van der Waals surface area contributed by atoms with Crippen molar-refractivity contribution in [3.05, 3.63) is 75.5 Å². The molecule has 1 aliphatic rings. The van der Waals surface area contributed by atoms with Gasteiger partial charge in [-0.1, -0.05) is 30.3 Å². The molecule has 0 saturated heterocycles. The van der Waals surface area contributed by atoms with Crippen molar-refractivity contribution in [3.63, 3.8) is 0 Å². The van der Waals surface area contributed by atoms with E-state index in [2.05, 4.69) is 6.07 Å². The summed E-state index contributed by atoms with van der Waals surface area (Å²) >= 11 is 0. The van der Waals surface area contributed by atoms with Gasteiger partial charge in [-0.3, -0.25) is 19.5 Å². The molecule has 0 spiro atoms. The van der Waals surface area contributed by atoms with E-state index in [0.29, 0.717) is 0 Å². The number of fused-ring (bicyclic) bond motifs is 3. The summed E-state index contributed by atoms with van der Waals surface area (Å²) in [4.78, 5) is 23.3. The Balaban J connectivity index is 1.71. The Bertz CT molecular complexity index is 971. The minimum absolute atomic E-state index is 0.0215. The molecule has 0 radical (unpaired) electrons. The second kappa shape index (κ2) is 6.16. The van der Waals surface area contributed by atoms with Crippen molar-refractivity contribution >= 4 is 22.5 Å². The van der Waals surface area contributed by atoms with Gasteiger partial charge in [-0.25, -0.2) is 0 Å². The number of carbonyl (C=O) groups is 1. The van der Waals surface area contributed by atoms with Gasteiger partial charge < -0.3 is 0 Å². The lowest BCUT2D eigenvalue weighted by Gasteiger charge is -2.15. The highest BCUT2D eigenvalue weighted by atomic mass is 16.6. The molecule has 25 heavy (non-hydrogen) atoms. The van der Waals surface area contributed by atoms with E-state index in [0.717, 1.165) is 42.5 Å². The number of aryl methyl sites for hydroxylation is 1. The third-order valence-corrected chi connectivity index (χ3v) is 4.93. The third kappa shape index (κ3) is 2.71. The molecule has 4 rings (SSSR count). The van der Waals surface area contributed by atoms with Gasteiger partial charge in [0.25, 0.3) is 5.69 Å². The van der Waals surface area contributed by atoms with Crippen LogP contribution in [0.25, 0.3) is 10.9 Å². The SMILES string of the molecule is O=C(Cc1ccc([N+](=O)[O-])cc1)n1c2c(c3ccccc31)CCCC2. The fourth-order valence-electron chi connectivity index (χ4n) is 3.77. The van der Waals surface area contributed by atoms with Crippen LogP contribution in [0.1, 0.15) is 34.5 Å². The predicted octanol–water partition coefficient (Wildman–Crippen LogP) is 4.31. The molecule has 5 nitrogen and oxygen atoms in total. The topological polar surface area (TPSA) is 65.1 Å². The summed E-state index contributed by atoms with van der Waals surface area (Å²) < 4.78 is 1.87. The van der Waals surface area contributed by atoms with Crippen LogP contribution in [0.5, 0.6) is 0 Å². The van der Waals surface area contributed by atoms with Crippen LogP contribution in [0.3, 0.4) is 0 Å². The van der Waals surface area contributed by atoms with E-state index < -0.39 is 4.92 Å². The molecule has 0 unspecified atom stereocenters. The number of nitro groups is 1. The fourth-order valence-corrected chi connectivity index (χ4v) is 3.77. The Morgan fingerprint density at radius 3 is 2.52 bits per heavy atom. The molecule has 0 saturated carbocycles. The molecule has 0 bridgehead atoms. The normalized spacial score (nSPS) is 13.6. The maximum Gasteiger partial charge on any atom is 0.269 e. The van der Waals surface area contributed by atoms with Crippen molar-refractivity contribution < 1.29 is 9.72 Å². The van der Waals surface area contributed by atoms with E-state index >= 15 is 0 Å². The molecule has 0 aliphatic heterocycles. The van der Waals surface area contributed by atoms with Crippen molar-refractivity contribution in [1.82, 2.24) is 4.57 Å². The summed E-state index contributed by atoms with van der Waals surface area (Å²) in [7, 11) is 0. The molecular formula is C20H18N2O3. The number of rotatable bonds is 3. The smallest absolute Gasteiger partial charge is 0.269 e. The van der Waals surface area contributed by atoms with Gasteiger partial charge >= 0.3 is 0 Å². The number of hydrogen-bond donors (Lipinski definition) is 0. The molecular weight excluding hydrogens is 316 g/mol. The zero-order valence-corrected chi connectivity index (χ0v) is 13.8. The zero-order chi connectivity index (χ0) is 17.4. The Hall–Kier alpha value is -2.95. The maximum absolute atomic E-state index is 13.0. The Morgan fingerprint density at radius 2 is 1.76 bits per heavy atom. The summed E-state index contributed by atoms with van der Waals surface area (Å²) in [6.45, 7) is 0. The standard InChI is InChI=1S/C20H18N2O3/c23-20(13-14-9-11-15(12-10-14)22(24)25)21-18-7-3-1-5-16(18)17-6-2-4-8-19(17)21/h1,3,5,7,9-12H,2,4,6,8,13H2. The van der Waals surface area contributed by atoms with Crippen LogP contribution in [0.2, 0.25) is 0 Å². The quantitative estimate of drug-likeness (QED) is 0.529. The van der Waals surface area contributed by atoms with Gasteiger partial charge in [0, 0.05) is 23.2 Å². The van der Waals surface area contributed by atoms with Crippen molar-refractivity contribution in [2.75, 3.05) is 0 Å². The summed E-state index contributed by atoms with van der Waals surface area (Å²) in [6.07, 6.45) is 4.46. The molecule has 126 valence electrons. The number of nitrogens with zero attached hydrogens (tertiary/aromatic N) is 2. The highest BCUT2D eigenvalue weighted by Gasteiger charge is 2.23. The fraction of sp³-hybridized carbons (Fsp3) is 0.250. The van der Waals surface area contributed by atoms with Crippen LogP contribution >= 0.6 is 0 Å². The van der Waals surface area contributed by atoms with E-state index in [9.17, 15) is 14.9 Å². The lowest BCUT2D eigenvalue weighted by atomic mass is 9.95. The number of aromatic nitrogens is 1. The van der Waals surface area contributed by atoms with Crippen LogP contribution in [-0.4, -0.2) is 15.4 Å². The number of nitro benzene ring substituents is 1. The lowest BCUT2D eigenvalue weighted by molar-refractivity contribution is -0.384. The summed E-state index contributed by atoms with van der Waals surface area (Å²) in [5.74, 6) is 0.0215. The first-order valence-corrected chi connectivity index (χ1v) is 8.53. The van der Waals surface area contributed by atoms with Gasteiger partial charge in [-0.2, -0.15) is 0 Å². The van der Waals surface area contributed by atoms with Gasteiger partial charge in [-0.15, -0.1) is 0 Å². The first-order chi connectivity index (χ1) is 12.1. The van der Waals surface area contributed by atoms with Gasteiger partial charge in [-0.05, 0) is 42.9 Å². The van der Waals surface area contributed by atoms with Crippen LogP contribution in [0.15, 0.2) is 48.5 Å². The second-order valence-corrected chi connectivity index (χ2v) is 6.48. The molecule has 0 amide bonds. The van der Waals surface area contributed by atoms with Gasteiger partial charge in [0.05, 0.1) is 16.9 Å². The third-order valence-electron chi connectivity index (χ3n) is 4.93. The number of benzene rings is 2. The molecule has 1 heterocycles. The van der Waals surface area contributed by atoms with Crippen molar-refractivity contribution in [2.24, 2.45) is 0 Å². The van der Waals surface area contributed by atoms with Crippen LogP contribution in [-0.2, 0) is 19.3 Å². The average Bonchev–Trinajstić information content (AvgIpc) is 2.97. The largest absolute Gasteiger partial charge is 0.284 e. The number of para-hydroxylation sites is 1. The first-order valence-electron chi connectivity index (χ1n) is 8.53. The molecule has 2 aromatic carbocycles. The van der Waals surface area contributed by atoms with Gasteiger partial charge in [0.2, 0.25) is 5.91 Å². The summed E-state index contributed by atoms with van der Waals surface area (Å²) in [5.41, 5.74) is 4.25. The molecule has 1 aromatic heterocycles. The first kappa shape index (κ1) is 15.6. The van der Waals surface area contributed by atoms with Gasteiger partial charge in [0.15, 0.2) is 0 Å². The van der Waals surface area contributed by atoms with E-state index in [1.165, 1.54) is 23.1 Å². The molecule has 0 fully saturated rings. The molecule has 1 aliphatic carbocycles. The number of hydrogen-bond acceptors (Lipinski definition) is 3. The van der Waals surface area contributed by atoms with Crippen LogP contribution in [0, 0.1) is 10.1 Å². The van der Waals surface area contributed by atoms with Crippen LogP contribution in [0.4, 0.5) is 5.69 Å². The van der Waals surface area contributed by atoms with Crippen LogP contribution < -0.4 is 0 Å². The zero-order valence-electron chi connectivity index (χ0n) is 13.8. The Labute approximate surface area is 145 Å². The lowest BCUT2D eigenvalue weighted by Crippen LogP contribution is -2.18. The molecule has 0 N–H and O–H groups in total. The molecule has 0 atom stereocenters. The Kier molecular flexibility index (Phi) is 3.84. The number of non-ortho nitro benzene ring substituents is 1. The molecule has 5 heteroatoms. The second-order valence-electron chi connectivity index (χ2n) is 6.48. The summed E-state index contributed by atoms with van der Waals surface area (Å²) in [6, 6.07) is 14.3.